The molecule has 4 rings (SSSR count). The molecule has 23 nitrogen and oxygen atoms in total. The van der Waals surface area contributed by atoms with Crippen molar-refractivity contribution in [2.24, 2.45) is 11.3 Å². The van der Waals surface area contributed by atoms with Crippen LogP contribution in [0.2, 0.25) is 25.7 Å². The molecule has 1 aliphatic rings. The Morgan fingerprint density at radius 3 is 2.03 bits per heavy atom. The number of hydrogen-bond acceptors (Lipinski definition) is 14. The first kappa shape index (κ1) is 74.9. The summed E-state index contributed by atoms with van der Waals surface area (Å²) in [5.74, 6) is -9.11. The number of amides is 9. The van der Waals surface area contributed by atoms with Crippen molar-refractivity contribution < 1.29 is 76.5 Å². The largest absolute Gasteiger partial charge is 0.480 e. The Bertz CT molecular complexity index is 3010. The molecule has 0 unspecified atom stereocenters. The highest BCUT2D eigenvalue weighted by atomic mass is 32.2. The molecule has 0 fully saturated rings. The molecule has 0 spiro atoms. The van der Waals surface area contributed by atoms with E-state index in [4.69, 9.17) is 4.74 Å². The van der Waals surface area contributed by atoms with Crippen LogP contribution >= 0.6 is 23.5 Å². The number of unbranched alkanes of at least 4 members (excludes halogenated alkanes) is 2. The fourth-order valence-electron chi connectivity index (χ4n) is 9.38. The molecule has 2 heterocycles. The quantitative estimate of drug-likeness (QED) is 0.0183. The monoisotopic (exact) mass is 1310 g/mol. The average molecular weight is 1310 g/mol. The molecule has 3 aromatic rings. The number of benzene rings is 2. The molecule has 5 atom stereocenters. The maximum atomic E-state index is 15.5. The predicted molar refractivity (Wildman–Crippen MR) is 341 cm³/mol. The summed E-state index contributed by atoms with van der Waals surface area (Å²) in [6.07, 6.45) is 4.77. The van der Waals surface area contributed by atoms with Gasteiger partial charge in [0.1, 0.15) is 35.8 Å². The Kier molecular flexibility index (Phi) is 30.2. The van der Waals surface area contributed by atoms with Gasteiger partial charge in [0.2, 0.25) is 35.4 Å². The van der Waals surface area contributed by atoms with Crippen LogP contribution in [0.25, 0.3) is 11.1 Å². The summed E-state index contributed by atoms with van der Waals surface area (Å²) in [7, 11) is -1.51. The van der Waals surface area contributed by atoms with E-state index in [9.17, 15) is 67.3 Å². The van der Waals surface area contributed by atoms with Crippen molar-refractivity contribution in [1.82, 2.24) is 46.3 Å². The molecular formula is C62H87F2N9O14S2Si. The number of nitrogens with one attached hydrogen (secondary N) is 6. The molecule has 0 bridgehead atoms. The van der Waals surface area contributed by atoms with Crippen molar-refractivity contribution in [3.8, 4) is 11.1 Å². The highest BCUT2D eigenvalue weighted by Gasteiger charge is 2.38. The molecule has 9 amide bonds. The van der Waals surface area contributed by atoms with Crippen LogP contribution in [0.4, 0.5) is 13.6 Å². The topological polar surface area (TPSA) is 321 Å². The fraction of sp³-hybridized carbons (Fsp3) is 0.532. The second-order valence-corrected chi connectivity index (χ2v) is 32.2. The van der Waals surface area contributed by atoms with E-state index in [1.807, 2.05) is 55.7 Å². The van der Waals surface area contributed by atoms with Crippen LogP contribution in [0.5, 0.6) is 0 Å². The number of imide groups is 1. The summed E-state index contributed by atoms with van der Waals surface area (Å²) in [6.45, 7) is 17.2. The zero-order chi connectivity index (χ0) is 66.9. The molecule has 494 valence electrons. The van der Waals surface area contributed by atoms with Crippen molar-refractivity contribution >= 4 is 96.9 Å². The number of carboxylic acids is 2. The van der Waals surface area contributed by atoms with Gasteiger partial charge in [-0.2, -0.15) is 11.8 Å². The van der Waals surface area contributed by atoms with Gasteiger partial charge in [-0.1, -0.05) is 91.0 Å². The summed E-state index contributed by atoms with van der Waals surface area (Å²) >= 11 is 1.97. The number of halogens is 2. The van der Waals surface area contributed by atoms with E-state index in [2.05, 4.69) is 51.5 Å². The Labute approximate surface area is 533 Å². The number of alkyl carbamates (subject to hydrolysis) is 1. The van der Waals surface area contributed by atoms with Gasteiger partial charge in [-0.15, -0.1) is 11.8 Å². The minimum Gasteiger partial charge on any atom is -0.480 e. The first-order valence-electron chi connectivity index (χ1n) is 29.9. The summed E-state index contributed by atoms with van der Waals surface area (Å²) < 4.78 is 37.2. The van der Waals surface area contributed by atoms with Crippen molar-refractivity contribution in [3.63, 3.8) is 0 Å². The first-order valence-corrected chi connectivity index (χ1v) is 35.9. The van der Waals surface area contributed by atoms with Crippen LogP contribution in [0.15, 0.2) is 72.9 Å². The van der Waals surface area contributed by atoms with Gasteiger partial charge in [0.05, 0.1) is 24.2 Å². The number of thioether (sulfide) groups is 2. The minimum atomic E-state index is -1.55. The van der Waals surface area contributed by atoms with Gasteiger partial charge in [0.25, 0.3) is 11.8 Å². The lowest BCUT2D eigenvalue weighted by Gasteiger charge is -2.41. The Balaban J connectivity index is 1.43. The van der Waals surface area contributed by atoms with Crippen molar-refractivity contribution in [2.45, 2.75) is 143 Å². The molecule has 28 heteroatoms. The average Bonchev–Trinajstić information content (AvgIpc) is 1.75. The number of rotatable bonds is 38. The highest BCUT2D eigenvalue weighted by molar-refractivity contribution is 8.00. The zero-order valence-corrected chi connectivity index (χ0v) is 55.3. The van der Waals surface area contributed by atoms with Crippen molar-refractivity contribution in [1.29, 1.82) is 0 Å². The van der Waals surface area contributed by atoms with E-state index in [0.717, 1.165) is 52.2 Å². The molecule has 90 heavy (non-hydrogen) atoms. The van der Waals surface area contributed by atoms with Crippen molar-refractivity contribution in [2.75, 3.05) is 55.8 Å². The second-order valence-electron chi connectivity index (χ2n) is 24.4. The standard InChI is InChI=1S/C62H87F2N9O14S2Si/c1-39(2)55(70-49(74)19-14-11-15-26-72-52(77)22-23-53(72)78)58(81)67-40(3)57(80)65-25-16-27-73(56(62(4,5)6)48-31-42(44-32-43(63)20-21-45(44)64)35-71(48)34-41-17-12-10-13-18-41)54(79)38-88-29-24-50(75)68-46(59(82)83)33-66-51(76)37-89-36-47(60(84)85)69-61(86)87-28-30-90(7,8)9/h10,12-13,17-18,20-23,31-32,35,39-40,46-47,55-56H,11,14-16,19,24-30,33-34,36-38H2,1-9H3,(H,65,80)(H,66,76)(H,67,81)(H,68,75)(H,69,86)(H,70,74)(H,82,83)(H,84,85)/t40-,46+,47-,55-,56-/m0/s1. The van der Waals surface area contributed by atoms with Crippen molar-refractivity contribution in [3.05, 3.63) is 95.8 Å². The number of aliphatic carboxylic acids is 2. The van der Waals surface area contributed by atoms with E-state index in [1.54, 1.807) is 31.0 Å². The number of carboxylic acid groups (broad SMARTS) is 2. The van der Waals surface area contributed by atoms with E-state index in [1.165, 1.54) is 19.1 Å². The molecule has 1 aromatic heterocycles. The lowest BCUT2D eigenvalue weighted by molar-refractivity contribution is -0.142. The number of ether oxygens (including phenoxy) is 1. The third kappa shape index (κ3) is 25.7. The number of nitrogens with zero attached hydrogens (tertiary/aromatic N) is 3. The molecule has 2 aromatic carbocycles. The van der Waals surface area contributed by atoms with Gasteiger partial charge in [0.15, 0.2) is 0 Å². The Hall–Kier alpha value is -7.59. The number of aromatic nitrogens is 1. The highest BCUT2D eigenvalue weighted by Crippen LogP contribution is 2.41. The Morgan fingerprint density at radius 2 is 1.40 bits per heavy atom. The van der Waals surface area contributed by atoms with E-state index in [-0.39, 0.29) is 110 Å². The van der Waals surface area contributed by atoms with E-state index < -0.39 is 104 Å². The summed E-state index contributed by atoms with van der Waals surface area (Å²) in [6, 6.07) is 9.25. The number of hydrogen-bond donors (Lipinski definition) is 8. The maximum absolute atomic E-state index is 15.5. The molecule has 0 saturated carbocycles. The summed E-state index contributed by atoms with van der Waals surface area (Å²) in [5.41, 5.74) is 1.06. The Morgan fingerprint density at radius 1 is 0.733 bits per heavy atom. The van der Waals surface area contributed by atoms with Gasteiger partial charge >= 0.3 is 18.0 Å². The van der Waals surface area contributed by atoms with E-state index >= 15 is 4.39 Å². The van der Waals surface area contributed by atoms with Gasteiger partial charge in [-0.25, -0.2) is 23.2 Å². The van der Waals surface area contributed by atoms with Gasteiger partial charge in [0, 0.05) is 100 Å². The van der Waals surface area contributed by atoms with Crippen LogP contribution in [-0.4, -0.2) is 178 Å². The van der Waals surface area contributed by atoms with E-state index in [0.29, 0.717) is 36.6 Å². The maximum Gasteiger partial charge on any atom is 0.407 e. The molecule has 0 aliphatic carbocycles. The number of carbonyl (C=O) groups excluding carboxylic acids is 9. The third-order valence-corrected chi connectivity index (χ3v) is 17.9. The summed E-state index contributed by atoms with van der Waals surface area (Å²) in [4.78, 5) is 143. The molecular weight excluding hydrogens is 1220 g/mol. The van der Waals surface area contributed by atoms with Crippen LogP contribution < -0.4 is 31.9 Å². The zero-order valence-electron chi connectivity index (χ0n) is 52.6. The SMILES string of the molecule is CC(C)[C@H](NC(=O)CCCCCN1C(=O)C=CC1=O)C(=O)N[C@@H](C)C(=O)NCCCN(C(=O)CSCCC(=O)N[C@H](CNC(=O)CSC[C@H](NC(=O)OCC[Si](C)(C)C)C(=O)O)C(=O)O)[C@@H](c1cc(-c2cc(F)ccc2F)cn1Cc1ccccc1)C(C)(C)C. The first-order chi connectivity index (χ1) is 42.3. The predicted octanol–water partition coefficient (Wildman–Crippen LogP) is 6.09. The smallest absolute Gasteiger partial charge is 0.407 e. The molecule has 1 aliphatic heterocycles. The summed E-state index contributed by atoms with van der Waals surface area (Å²) in [5, 5.41) is 34.8. The molecule has 0 radical (unpaired) electrons. The van der Waals surface area contributed by atoms with Gasteiger partial charge in [-0.3, -0.25) is 43.3 Å². The number of carbonyl (C=O) groups is 11. The lowest BCUT2D eigenvalue weighted by atomic mass is 9.83. The van der Waals surface area contributed by atoms with Gasteiger partial charge < -0.3 is 56.3 Å². The third-order valence-electron chi connectivity index (χ3n) is 14.2. The minimum absolute atomic E-state index is 0.00139. The normalized spacial score (nSPS) is 14.0. The van der Waals surface area contributed by atoms with Crippen LogP contribution in [0, 0.1) is 23.0 Å². The van der Waals surface area contributed by atoms with Crippen LogP contribution in [-0.2, 0) is 59.2 Å². The molecule has 0 saturated heterocycles. The van der Waals surface area contributed by atoms with Gasteiger partial charge in [-0.05, 0) is 73.4 Å². The van der Waals surface area contributed by atoms with Crippen LogP contribution in [0.3, 0.4) is 0 Å². The van der Waals surface area contributed by atoms with Crippen LogP contribution in [0.1, 0.15) is 97.4 Å². The molecule has 8 N–H and O–H groups in total. The lowest BCUT2D eigenvalue weighted by Crippen LogP contribution is -2.54. The second kappa shape index (κ2) is 36.3. The fourth-order valence-corrected chi connectivity index (χ4v) is 11.8.